The molecule has 0 bridgehead atoms. The third-order valence-corrected chi connectivity index (χ3v) is 4.68. The van der Waals surface area contributed by atoms with Crippen molar-refractivity contribution in [3.05, 3.63) is 76.2 Å². The quantitative estimate of drug-likeness (QED) is 0.785. The van der Waals surface area contributed by atoms with Gasteiger partial charge in [-0.15, -0.1) is 0 Å². The number of carbonyl (C=O) groups excluding carboxylic acids is 1. The van der Waals surface area contributed by atoms with Crippen molar-refractivity contribution in [1.82, 2.24) is 15.1 Å². The Hall–Kier alpha value is -2.99. The molecule has 6 nitrogen and oxygen atoms in total. The number of H-pyrrole nitrogens is 1. The summed E-state index contributed by atoms with van der Waals surface area (Å²) in [6.07, 6.45) is 0.0351. The van der Waals surface area contributed by atoms with E-state index in [1.54, 1.807) is 12.1 Å². The number of aromatic amines is 1. The number of benzene rings is 2. The Balaban J connectivity index is 1.53. The van der Waals surface area contributed by atoms with E-state index in [0.29, 0.717) is 30.8 Å². The molecule has 2 aromatic carbocycles. The molecule has 1 fully saturated rings. The zero-order valence-electron chi connectivity index (χ0n) is 14.2. The van der Waals surface area contributed by atoms with E-state index < -0.39 is 0 Å². The number of fused-ring (bicyclic) bond motifs is 1. The van der Waals surface area contributed by atoms with Crippen LogP contribution in [0.3, 0.4) is 0 Å². The van der Waals surface area contributed by atoms with Crippen LogP contribution in [0.25, 0.3) is 10.8 Å². The van der Waals surface area contributed by atoms with Gasteiger partial charge in [-0.2, -0.15) is 5.10 Å². The van der Waals surface area contributed by atoms with Crippen molar-refractivity contribution in [2.24, 2.45) is 0 Å². The predicted molar refractivity (Wildman–Crippen MR) is 97.8 cm³/mol. The van der Waals surface area contributed by atoms with E-state index in [1.807, 2.05) is 47.4 Å². The molecule has 0 spiro atoms. The van der Waals surface area contributed by atoms with Gasteiger partial charge in [0.1, 0.15) is 6.10 Å². The van der Waals surface area contributed by atoms with Gasteiger partial charge in [0.15, 0.2) is 0 Å². The van der Waals surface area contributed by atoms with E-state index in [0.717, 1.165) is 10.9 Å². The largest absolute Gasteiger partial charge is 0.370 e. The Kier molecular flexibility index (Phi) is 4.50. The summed E-state index contributed by atoms with van der Waals surface area (Å²) in [6.45, 7) is 1.58. The zero-order chi connectivity index (χ0) is 17.9. The van der Waals surface area contributed by atoms with E-state index in [4.69, 9.17) is 4.74 Å². The number of ether oxygens (including phenoxy) is 1. The minimum atomic E-state index is -0.243. The average Bonchev–Trinajstić information content (AvgIpc) is 2.71. The predicted octanol–water partition coefficient (Wildman–Crippen LogP) is 2.07. The third-order valence-electron chi connectivity index (χ3n) is 4.68. The summed E-state index contributed by atoms with van der Waals surface area (Å²) in [4.78, 5) is 26.5. The highest BCUT2D eigenvalue weighted by Gasteiger charge is 2.26. The van der Waals surface area contributed by atoms with E-state index in [2.05, 4.69) is 10.2 Å². The average molecular weight is 349 g/mol. The Morgan fingerprint density at radius 1 is 1.12 bits per heavy atom. The summed E-state index contributed by atoms with van der Waals surface area (Å²) in [5.41, 5.74) is 1.41. The van der Waals surface area contributed by atoms with Gasteiger partial charge in [-0.1, -0.05) is 48.5 Å². The van der Waals surface area contributed by atoms with Gasteiger partial charge in [0, 0.05) is 11.9 Å². The Morgan fingerprint density at radius 2 is 1.85 bits per heavy atom. The molecule has 4 rings (SSSR count). The van der Waals surface area contributed by atoms with Crippen LogP contribution in [0.4, 0.5) is 0 Å². The highest BCUT2D eigenvalue weighted by Crippen LogP contribution is 2.23. The first-order chi connectivity index (χ1) is 12.7. The number of hydrogen-bond donors (Lipinski definition) is 1. The minimum Gasteiger partial charge on any atom is -0.370 e. The van der Waals surface area contributed by atoms with Crippen molar-refractivity contribution < 1.29 is 9.53 Å². The molecule has 0 saturated carbocycles. The normalized spacial score (nSPS) is 17.4. The molecule has 1 aliphatic heterocycles. The summed E-state index contributed by atoms with van der Waals surface area (Å²) >= 11 is 0. The van der Waals surface area contributed by atoms with Gasteiger partial charge >= 0.3 is 0 Å². The number of carbonyl (C=O) groups is 1. The van der Waals surface area contributed by atoms with Crippen LogP contribution >= 0.6 is 0 Å². The van der Waals surface area contributed by atoms with E-state index in [9.17, 15) is 9.59 Å². The molecule has 1 aromatic heterocycles. The second-order valence-corrected chi connectivity index (χ2v) is 6.33. The molecule has 0 radical (unpaired) electrons. The van der Waals surface area contributed by atoms with E-state index >= 15 is 0 Å². The van der Waals surface area contributed by atoms with Gasteiger partial charge in [0.25, 0.3) is 5.56 Å². The molecule has 1 N–H and O–H groups in total. The molecule has 0 unspecified atom stereocenters. The third kappa shape index (κ3) is 3.23. The minimum absolute atomic E-state index is 0.0149. The summed E-state index contributed by atoms with van der Waals surface area (Å²) < 4.78 is 5.82. The number of hydrogen-bond acceptors (Lipinski definition) is 4. The van der Waals surface area contributed by atoms with Gasteiger partial charge in [-0.05, 0) is 11.6 Å². The van der Waals surface area contributed by atoms with Crippen molar-refractivity contribution in [3.63, 3.8) is 0 Å². The fraction of sp³-hybridized carbons (Fsp3) is 0.250. The van der Waals surface area contributed by atoms with Gasteiger partial charge < -0.3 is 9.64 Å². The molecule has 132 valence electrons. The topological polar surface area (TPSA) is 75.3 Å². The second-order valence-electron chi connectivity index (χ2n) is 6.33. The smallest absolute Gasteiger partial charge is 0.272 e. The SMILES string of the molecule is O=C(Cc1n[nH]c(=O)c2ccccc12)N1CCO[C@H](c2ccccc2)C1. The Bertz CT molecular complexity index is 984. The lowest BCUT2D eigenvalue weighted by Gasteiger charge is -2.33. The molecular weight excluding hydrogens is 330 g/mol. The maximum atomic E-state index is 12.8. The Labute approximate surface area is 150 Å². The number of amides is 1. The lowest BCUT2D eigenvalue weighted by Crippen LogP contribution is -2.43. The first kappa shape index (κ1) is 16.5. The lowest BCUT2D eigenvalue weighted by atomic mass is 10.1. The maximum absolute atomic E-state index is 12.8. The van der Waals surface area contributed by atoms with Crippen LogP contribution in [0.1, 0.15) is 17.4 Å². The van der Waals surface area contributed by atoms with Crippen molar-refractivity contribution in [3.8, 4) is 0 Å². The van der Waals surface area contributed by atoms with Crippen molar-refractivity contribution in [2.45, 2.75) is 12.5 Å². The second kappa shape index (κ2) is 7.09. The standard InChI is InChI=1S/C20H19N3O3/c24-19(12-17-15-8-4-5-9-16(15)20(25)22-21-17)23-10-11-26-18(13-23)14-6-2-1-3-7-14/h1-9,18H,10-13H2,(H,22,25)/t18-/m0/s1. The molecule has 1 saturated heterocycles. The van der Waals surface area contributed by atoms with Gasteiger partial charge in [-0.3, -0.25) is 9.59 Å². The van der Waals surface area contributed by atoms with Crippen LogP contribution in [0, 0.1) is 0 Å². The number of nitrogens with one attached hydrogen (secondary N) is 1. The first-order valence-corrected chi connectivity index (χ1v) is 8.63. The van der Waals surface area contributed by atoms with Crippen LogP contribution in [0.5, 0.6) is 0 Å². The van der Waals surface area contributed by atoms with Crippen molar-refractivity contribution in [2.75, 3.05) is 19.7 Å². The molecule has 1 aliphatic rings. The van der Waals surface area contributed by atoms with Crippen LogP contribution in [0.2, 0.25) is 0 Å². The molecule has 3 aromatic rings. The summed E-state index contributed by atoms with van der Waals surface area (Å²) in [7, 11) is 0. The lowest BCUT2D eigenvalue weighted by molar-refractivity contribution is -0.138. The van der Waals surface area contributed by atoms with Gasteiger partial charge in [0.05, 0.1) is 30.7 Å². The van der Waals surface area contributed by atoms with Crippen LogP contribution in [0.15, 0.2) is 59.4 Å². The molecular formula is C20H19N3O3. The van der Waals surface area contributed by atoms with Crippen LogP contribution < -0.4 is 5.56 Å². The number of aromatic nitrogens is 2. The van der Waals surface area contributed by atoms with Gasteiger partial charge in [0.2, 0.25) is 5.91 Å². The number of morpholine rings is 1. The fourth-order valence-electron chi connectivity index (χ4n) is 3.31. The molecule has 6 heteroatoms. The molecule has 26 heavy (non-hydrogen) atoms. The fourth-order valence-corrected chi connectivity index (χ4v) is 3.31. The first-order valence-electron chi connectivity index (χ1n) is 8.63. The monoisotopic (exact) mass is 349 g/mol. The maximum Gasteiger partial charge on any atom is 0.272 e. The number of rotatable bonds is 3. The van der Waals surface area contributed by atoms with Crippen molar-refractivity contribution >= 4 is 16.7 Å². The summed E-state index contributed by atoms with van der Waals surface area (Å²) in [5, 5.41) is 7.86. The Morgan fingerprint density at radius 3 is 2.65 bits per heavy atom. The molecule has 2 heterocycles. The zero-order valence-corrected chi connectivity index (χ0v) is 14.2. The molecule has 1 amide bonds. The number of nitrogens with zero attached hydrogens (tertiary/aromatic N) is 2. The summed E-state index contributed by atoms with van der Waals surface area (Å²) in [5.74, 6) is -0.0149. The molecule has 0 aliphatic carbocycles. The van der Waals surface area contributed by atoms with Crippen LogP contribution in [-0.4, -0.2) is 40.7 Å². The molecule has 1 atom stereocenters. The highest BCUT2D eigenvalue weighted by molar-refractivity contribution is 5.88. The van der Waals surface area contributed by atoms with Crippen molar-refractivity contribution in [1.29, 1.82) is 0 Å². The summed E-state index contributed by atoms with van der Waals surface area (Å²) in [6, 6.07) is 17.1. The highest BCUT2D eigenvalue weighted by atomic mass is 16.5. The van der Waals surface area contributed by atoms with E-state index in [-0.39, 0.29) is 24.0 Å². The van der Waals surface area contributed by atoms with E-state index in [1.165, 1.54) is 0 Å². The van der Waals surface area contributed by atoms with Gasteiger partial charge in [-0.25, -0.2) is 5.10 Å². The van der Waals surface area contributed by atoms with Crippen LogP contribution in [-0.2, 0) is 16.0 Å².